The minimum absolute atomic E-state index is 0.0307. The van der Waals surface area contributed by atoms with E-state index in [4.69, 9.17) is 19.6 Å². The average Bonchev–Trinajstić information content (AvgIpc) is 3.17. The number of fused-ring (bicyclic) bond motifs is 1. The highest BCUT2D eigenvalue weighted by atomic mass is 32.2. The molecule has 10 nitrogen and oxygen atoms in total. The van der Waals surface area contributed by atoms with Crippen LogP contribution in [0.2, 0.25) is 0 Å². The van der Waals surface area contributed by atoms with E-state index in [0.29, 0.717) is 17.1 Å². The lowest BCUT2D eigenvalue weighted by Gasteiger charge is -2.09. The fourth-order valence-electron chi connectivity index (χ4n) is 3.43. The molecule has 0 saturated carbocycles. The quantitative estimate of drug-likeness (QED) is 0.268. The molecule has 36 heavy (non-hydrogen) atoms. The summed E-state index contributed by atoms with van der Waals surface area (Å²) in [6.07, 6.45) is -0.347. The fraction of sp³-hybridized carbons (Fsp3) is 0.0833. The van der Waals surface area contributed by atoms with E-state index in [0.717, 1.165) is 6.26 Å². The second kappa shape index (κ2) is 9.58. The van der Waals surface area contributed by atoms with Crippen molar-refractivity contribution in [2.24, 2.45) is 5.73 Å². The molecule has 0 bridgehead atoms. The van der Waals surface area contributed by atoms with E-state index in [1.165, 1.54) is 43.5 Å². The van der Waals surface area contributed by atoms with Crippen LogP contribution in [0, 0.1) is 5.82 Å². The van der Waals surface area contributed by atoms with Gasteiger partial charge < -0.3 is 24.4 Å². The Hall–Kier alpha value is -4.58. The van der Waals surface area contributed by atoms with Crippen molar-refractivity contribution >= 4 is 38.7 Å². The Morgan fingerprint density at radius 3 is 2.17 bits per heavy atom. The predicted molar refractivity (Wildman–Crippen MR) is 128 cm³/mol. The lowest BCUT2D eigenvalue weighted by Crippen LogP contribution is -2.18. The summed E-state index contributed by atoms with van der Waals surface area (Å²) in [5.41, 5.74) is 5.50. The lowest BCUT2D eigenvalue weighted by atomic mass is 10.0. The molecular weight excluding hydrogens is 495 g/mol. The molecule has 4 aromatic rings. The van der Waals surface area contributed by atoms with Gasteiger partial charge in [-0.25, -0.2) is 22.4 Å². The first-order valence-electron chi connectivity index (χ1n) is 10.2. The number of primary amides is 1. The number of carbonyl (C=O) groups is 2. The van der Waals surface area contributed by atoms with Gasteiger partial charge in [0.25, 0.3) is 0 Å². The Morgan fingerprint density at radius 1 is 1.00 bits per heavy atom. The van der Waals surface area contributed by atoms with Crippen LogP contribution >= 0.6 is 0 Å². The number of ether oxygens (including phenoxy) is 3. The molecule has 0 radical (unpaired) electrons. The van der Waals surface area contributed by atoms with Crippen LogP contribution in [0.25, 0.3) is 22.3 Å². The first kappa shape index (κ1) is 24.5. The molecule has 12 heteroatoms. The molecule has 0 aliphatic rings. The zero-order chi connectivity index (χ0) is 26.0. The number of nitrogens with two attached hydrogens (primary N) is 1. The fourth-order valence-corrected chi connectivity index (χ4v) is 3.99. The van der Waals surface area contributed by atoms with Gasteiger partial charge in [-0.2, -0.15) is 0 Å². The van der Waals surface area contributed by atoms with Crippen LogP contribution in [-0.2, 0) is 14.8 Å². The molecule has 186 valence electrons. The van der Waals surface area contributed by atoms with Gasteiger partial charge in [0, 0.05) is 17.0 Å². The second-order valence-corrected chi connectivity index (χ2v) is 9.27. The number of halogens is 1. The van der Waals surface area contributed by atoms with E-state index in [2.05, 4.69) is 9.46 Å². The van der Waals surface area contributed by atoms with Gasteiger partial charge >= 0.3 is 12.1 Å². The monoisotopic (exact) mass is 514 g/mol. The number of sulfonamides is 1. The molecule has 3 N–H and O–H groups in total. The Balaban J connectivity index is 1.80. The van der Waals surface area contributed by atoms with E-state index >= 15 is 0 Å². The first-order valence-corrected chi connectivity index (χ1v) is 12.1. The van der Waals surface area contributed by atoms with Gasteiger partial charge in [-0.05, 0) is 54.6 Å². The predicted octanol–water partition coefficient (Wildman–Crippen LogP) is 4.65. The van der Waals surface area contributed by atoms with Gasteiger partial charge in [-0.15, -0.1) is 0 Å². The second-order valence-electron chi connectivity index (χ2n) is 7.52. The largest absolute Gasteiger partial charge is 0.495 e. The highest BCUT2D eigenvalue weighted by Gasteiger charge is 2.27. The third-order valence-electron chi connectivity index (χ3n) is 4.87. The number of hydrogen-bond acceptors (Lipinski definition) is 8. The van der Waals surface area contributed by atoms with Gasteiger partial charge in [0.1, 0.15) is 40.0 Å². The van der Waals surface area contributed by atoms with Gasteiger partial charge in [-0.1, -0.05) is 0 Å². The highest BCUT2D eigenvalue weighted by Crippen LogP contribution is 2.40. The van der Waals surface area contributed by atoms with E-state index in [9.17, 15) is 22.4 Å². The number of carbonyl (C=O) groups excluding carboxylic acids is 2. The van der Waals surface area contributed by atoms with Gasteiger partial charge in [0.15, 0.2) is 0 Å². The number of methoxy groups -OCH3 is 1. The minimum Gasteiger partial charge on any atom is -0.495 e. The van der Waals surface area contributed by atoms with Crippen LogP contribution < -0.4 is 19.9 Å². The Morgan fingerprint density at radius 2 is 1.61 bits per heavy atom. The molecule has 0 spiro atoms. The molecular formula is C24H19FN2O8S. The van der Waals surface area contributed by atoms with Gasteiger partial charge in [-0.3, -0.25) is 4.72 Å². The van der Waals surface area contributed by atoms with Gasteiger partial charge in [0.05, 0.1) is 19.1 Å². The third-order valence-corrected chi connectivity index (χ3v) is 5.46. The molecule has 4 rings (SSSR count). The van der Waals surface area contributed by atoms with Crippen molar-refractivity contribution in [3.63, 3.8) is 0 Å². The topological polar surface area (TPSA) is 147 Å². The van der Waals surface area contributed by atoms with Crippen molar-refractivity contribution in [3.8, 4) is 28.6 Å². The number of anilines is 1. The minimum atomic E-state index is -3.66. The van der Waals surface area contributed by atoms with E-state index < -0.39 is 27.9 Å². The number of esters is 1. The van der Waals surface area contributed by atoms with Crippen molar-refractivity contribution in [2.75, 3.05) is 18.1 Å². The maximum absolute atomic E-state index is 13.1. The third kappa shape index (κ3) is 5.39. The molecule has 1 amide bonds. The summed E-state index contributed by atoms with van der Waals surface area (Å²) in [4.78, 5) is 24.1. The molecule has 3 aromatic carbocycles. The normalized spacial score (nSPS) is 11.2. The summed E-state index contributed by atoms with van der Waals surface area (Å²) < 4.78 is 60.4. The van der Waals surface area contributed by atoms with Gasteiger partial charge in [0.2, 0.25) is 10.0 Å². The number of furan rings is 1. The molecule has 0 aliphatic carbocycles. The number of benzene rings is 3. The first-order chi connectivity index (χ1) is 17.0. The molecule has 1 heterocycles. The number of hydrogen-bond donors (Lipinski definition) is 2. The van der Waals surface area contributed by atoms with E-state index in [-0.39, 0.29) is 33.7 Å². The maximum Gasteiger partial charge on any atom is 0.412 e. The van der Waals surface area contributed by atoms with Crippen molar-refractivity contribution in [1.29, 1.82) is 0 Å². The Labute approximate surface area is 204 Å². The summed E-state index contributed by atoms with van der Waals surface area (Å²) in [5, 5.41) is 0.193. The molecule has 0 atom stereocenters. The Kier molecular flexibility index (Phi) is 6.53. The number of nitrogens with one attached hydrogen (secondary N) is 1. The Bertz CT molecular complexity index is 1560. The average molecular weight is 514 g/mol. The summed E-state index contributed by atoms with van der Waals surface area (Å²) in [5.74, 6) is -0.515. The van der Waals surface area contributed by atoms with Crippen LogP contribution in [0.3, 0.4) is 0 Å². The van der Waals surface area contributed by atoms with Crippen LogP contribution in [0.1, 0.15) is 10.4 Å². The van der Waals surface area contributed by atoms with Crippen LogP contribution in [-0.4, -0.2) is 33.8 Å². The molecule has 0 unspecified atom stereocenters. The zero-order valence-electron chi connectivity index (χ0n) is 18.9. The highest BCUT2D eigenvalue weighted by molar-refractivity contribution is 7.92. The van der Waals surface area contributed by atoms with Crippen LogP contribution in [0.15, 0.2) is 65.1 Å². The smallest absolute Gasteiger partial charge is 0.412 e. The summed E-state index contributed by atoms with van der Waals surface area (Å²) in [6.45, 7) is 0. The van der Waals surface area contributed by atoms with E-state index in [1.807, 2.05) is 0 Å². The molecule has 0 saturated heterocycles. The van der Waals surface area contributed by atoms with E-state index in [1.54, 1.807) is 24.3 Å². The van der Waals surface area contributed by atoms with Crippen molar-refractivity contribution < 1.29 is 41.0 Å². The van der Waals surface area contributed by atoms with Crippen molar-refractivity contribution in [1.82, 2.24) is 0 Å². The zero-order valence-corrected chi connectivity index (χ0v) is 19.7. The number of amides is 1. The number of rotatable bonds is 7. The van der Waals surface area contributed by atoms with Crippen molar-refractivity contribution in [2.45, 2.75) is 0 Å². The summed E-state index contributed by atoms with van der Waals surface area (Å²) in [7, 11) is -2.34. The van der Waals surface area contributed by atoms with Crippen molar-refractivity contribution in [3.05, 3.63) is 72.0 Å². The summed E-state index contributed by atoms with van der Waals surface area (Å²) in [6, 6.07) is 14.5. The molecule has 0 fully saturated rings. The standard InChI is InChI=1S/C24H19FN2O8S/c1-32-20-11-17-19(12-18(20)27-36(2,30)31)34-22(21(17)23(28)35-24(26)29)13-3-7-15(8-4-13)33-16-9-5-14(25)6-10-16/h3-12,27H,1-2H3,(H2,26,29). The summed E-state index contributed by atoms with van der Waals surface area (Å²) >= 11 is 0. The van der Waals surface area contributed by atoms with Crippen LogP contribution in [0.4, 0.5) is 14.9 Å². The SMILES string of the molecule is COc1cc2c(C(=O)OC(N)=O)c(-c3ccc(Oc4ccc(F)cc4)cc3)oc2cc1NS(C)(=O)=O. The maximum atomic E-state index is 13.1. The van der Waals surface area contributed by atoms with Crippen LogP contribution in [0.5, 0.6) is 17.2 Å². The molecule has 1 aromatic heterocycles. The molecule has 0 aliphatic heterocycles. The lowest BCUT2D eigenvalue weighted by molar-refractivity contribution is 0.0640.